The van der Waals surface area contributed by atoms with Gasteiger partial charge in [-0.25, -0.2) is 0 Å². The van der Waals surface area contributed by atoms with Crippen molar-refractivity contribution in [3.8, 4) is 0 Å². The van der Waals surface area contributed by atoms with Crippen LogP contribution in [0.4, 0.5) is 0 Å². The van der Waals surface area contributed by atoms with Gasteiger partial charge in [-0.1, -0.05) is 0 Å². The van der Waals surface area contributed by atoms with E-state index < -0.39 is 17.5 Å². The van der Waals surface area contributed by atoms with E-state index in [1.54, 1.807) is 0 Å². The Labute approximate surface area is 71.8 Å². The van der Waals surface area contributed by atoms with Gasteiger partial charge in [0, 0.05) is 16.9 Å². The van der Waals surface area contributed by atoms with E-state index in [0.29, 0.717) is 4.91 Å². The number of carbonyl (C=O) groups excluding carboxylic acids is 3. The highest BCUT2D eigenvalue weighted by atomic mass is 32.2. The number of hydrogen-bond acceptors (Lipinski definition) is 4. The second-order valence-electron chi connectivity index (χ2n) is 2.25. The Morgan fingerprint density at radius 3 is 2.67 bits per heavy atom. The van der Waals surface area contributed by atoms with Gasteiger partial charge < -0.3 is 0 Å². The monoisotopic (exact) mass is 180 g/mol. The van der Waals surface area contributed by atoms with Crippen LogP contribution in [0.3, 0.4) is 0 Å². The first kappa shape index (κ1) is 7.30. The zero-order valence-corrected chi connectivity index (χ0v) is 6.55. The maximum atomic E-state index is 11.1. The molecule has 2 rings (SSSR count). The van der Waals surface area contributed by atoms with E-state index in [1.165, 1.54) is 6.08 Å². The molecule has 1 amide bonds. The minimum absolute atomic E-state index is 0.0764. The minimum Gasteiger partial charge on any atom is -0.286 e. The smallest absolute Gasteiger partial charge is 0.286 e. The maximum Gasteiger partial charge on any atom is 0.289 e. The van der Waals surface area contributed by atoms with Crippen molar-refractivity contribution in [1.29, 1.82) is 0 Å². The number of allylic oxidation sites excluding steroid dienone is 2. The third kappa shape index (κ3) is 0.831. The maximum absolute atomic E-state index is 11.1. The molecule has 1 heterocycles. The second-order valence-corrected chi connectivity index (χ2v) is 3.06. The number of Topliss-reactive ketones (excluding diaryl/α,β-unsaturated/α-hetero) is 1. The van der Waals surface area contributed by atoms with Crippen molar-refractivity contribution in [2.45, 2.75) is 0 Å². The third-order valence-electron chi connectivity index (χ3n) is 1.52. The van der Waals surface area contributed by atoms with E-state index in [4.69, 9.17) is 0 Å². The van der Waals surface area contributed by atoms with Crippen LogP contribution >= 0.6 is 11.9 Å². The fraction of sp³-hybridized carbons (Fsp3) is 0. The molecule has 4 nitrogen and oxygen atoms in total. The number of rotatable bonds is 0. The molecule has 1 radical (unpaired) electrons. The molecule has 59 valence electrons. The van der Waals surface area contributed by atoms with Crippen molar-refractivity contribution >= 4 is 29.4 Å². The van der Waals surface area contributed by atoms with Gasteiger partial charge in [-0.05, 0) is 12.2 Å². The summed E-state index contributed by atoms with van der Waals surface area (Å²) in [6.07, 6.45) is 2.60. The zero-order chi connectivity index (χ0) is 8.72. The molecule has 0 saturated carbocycles. The van der Waals surface area contributed by atoms with Crippen molar-refractivity contribution in [3.63, 3.8) is 0 Å². The van der Waals surface area contributed by atoms with E-state index in [2.05, 4.69) is 4.72 Å². The summed E-state index contributed by atoms with van der Waals surface area (Å²) in [5.74, 6) is -2.00. The summed E-state index contributed by atoms with van der Waals surface area (Å²) >= 11 is 0.935. The van der Waals surface area contributed by atoms with E-state index in [9.17, 15) is 14.4 Å². The fourth-order valence-electron chi connectivity index (χ4n) is 0.960. The van der Waals surface area contributed by atoms with Crippen molar-refractivity contribution < 1.29 is 14.4 Å². The Morgan fingerprint density at radius 2 is 1.92 bits per heavy atom. The molecule has 1 aliphatic heterocycles. The first-order valence-electron chi connectivity index (χ1n) is 3.13. The molecule has 2 aliphatic rings. The van der Waals surface area contributed by atoms with Gasteiger partial charge in [0.2, 0.25) is 11.6 Å². The number of nitrogens with zero attached hydrogens (tertiary/aromatic N) is 1. The SMILES string of the molecule is O=C1C=CC2=C(C(=O)[N]S2)C1=O. The predicted octanol–water partition coefficient (Wildman–Crippen LogP) is -0.259. The number of carbonyl (C=O) groups is 3. The first-order valence-corrected chi connectivity index (χ1v) is 3.91. The number of hydrogen-bond donors (Lipinski definition) is 0. The lowest BCUT2D eigenvalue weighted by Gasteiger charge is -1.99. The molecule has 0 fully saturated rings. The normalized spacial score (nSPS) is 21.5. The summed E-state index contributed by atoms with van der Waals surface area (Å²) in [5.41, 5.74) is -0.0764. The Kier molecular flexibility index (Phi) is 1.41. The molecular formula is C7H2NO3S. The van der Waals surface area contributed by atoms with Crippen LogP contribution in [-0.4, -0.2) is 17.5 Å². The molecule has 0 unspecified atom stereocenters. The molecule has 0 atom stereocenters. The van der Waals surface area contributed by atoms with Crippen LogP contribution in [0.15, 0.2) is 22.6 Å². The fourth-order valence-corrected chi connectivity index (χ4v) is 1.63. The van der Waals surface area contributed by atoms with Crippen LogP contribution in [0, 0.1) is 0 Å². The average Bonchev–Trinajstić information content (AvgIpc) is 2.41. The quantitative estimate of drug-likeness (QED) is 0.223. The lowest BCUT2D eigenvalue weighted by Crippen LogP contribution is -2.22. The standard InChI is InChI=1S/C7H2NO3S/c9-3-1-2-4-5(6(3)10)7(11)8-12-4/h1-2H. The molecule has 0 saturated heterocycles. The van der Waals surface area contributed by atoms with E-state index in [-0.39, 0.29) is 5.57 Å². The molecule has 0 aromatic rings. The highest BCUT2D eigenvalue weighted by Crippen LogP contribution is 2.30. The molecular weight excluding hydrogens is 178 g/mol. The molecule has 0 bridgehead atoms. The van der Waals surface area contributed by atoms with Gasteiger partial charge in [-0.3, -0.25) is 14.4 Å². The predicted molar refractivity (Wildman–Crippen MR) is 40.9 cm³/mol. The van der Waals surface area contributed by atoms with Crippen LogP contribution in [0.25, 0.3) is 0 Å². The van der Waals surface area contributed by atoms with Gasteiger partial charge in [0.1, 0.15) is 5.57 Å². The van der Waals surface area contributed by atoms with Gasteiger partial charge in [0.15, 0.2) is 0 Å². The summed E-state index contributed by atoms with van der Waals surface area (Å²) in [6, 6.07) is 0. The Morgan fingerprint density at radius 1 is 1.17 bits per heavy atom. The van der Waals surface area contributed by atoms with Gasteiger partial charge in [-0.2, -0.15) is 4.72 Å². The van der Waals surface area contributed by atoms with E-state index in [1.807, 2.05) is 0 Å². The lowest BCUT2D eigenvalue weighted by atomic mass is 10.0. The molecule has 0 aromatic heterocycles. The highest BCUT2D eigenvalue weighted by molar-refractivity contribution is 8.02. The highest BCUT2D eigenvalue weighted by Gasteiger charge is 2.35. The summed E-state index contributed by atoms with van der Waals surface area (Å²) in [5, 5.41) is 0. The van der Waals surface area contributed by atoms with Crippen molar-refractivity contribution in [1.82, 2.24) is 4.72 Å². The summed E-state index contributed by atoms with van der Waals surface area (Å²) in [4.78, 5) is 33.3. The largest absolute Gasteiger partial charge is 0.289 e. The topological polar surface area (TPSA) is 65.3 Å². The van der Waals surface area contributed by atoms with Crippen LogP contribution in [0.2, 0.25) is 0 Å². The van der Waals surface area contributed by atoms with Crippen LogP contribution in [0.1, 0.15) is 0 Å². The minimum atomic E-state index is -0.744. The van der Waals surface area contributed by atoms with Crippen molar-refractivity contribution in [2.75, 3.05) is 0 Å². The molecule has 0 N–H and O–H groups in total. The third-order valence-corrected chi connectivity index (χ3v) is 2.32. The van der Waals surface area contributed by atoms with Crippen molar-refractivity contribution in [2.24, 2.45) is 0 Å². The van der Waals surface area contributed by atoms with Crippen molar-refractivity contribution in [3.05, 3.63) is 22.6 Å². The lowest BCUT2D eigenvalue weighted by molar-refractivity contribution is -0.133. The average molecular weight is 180 g/mol. The summed E-state index contributed by atoms with van der Waals surface area (Å²) < 4.78 is 3.44. The van der Waals surface area contributed by atoms with E-state index >= 15 is 0 Å². The van der Waals surface area contributed by atoms with Gasteiger partial charge in [0.05, 0.1) is 0 Å². The first-order chi connectivity index (χ1) is 5.70. The summed E-state index contributed by atoms with van der Waals surface area (Å²) in [7, 11) is 0. The van der Waals surface area contributed by atoms with Crippen LogP contribution in [-0.2, 0) is 14.4 Å². The molecule has 5 heteroatoms. The Balaban J connectivity index is 2.54. The van der Waals surface area contributed by atoms with Crippen LogP contribution in [0.5, 0.6) is 0 Å². The van der Waals surface area contributed by atoms with Gasteiger partial charge >= 0.3 is 0 Å². The van der Waals surface area contributed by atoms with E-state index in [0.717, 1.165) is 18.0 Å². The molecule has 1 aliphatic carbocycles. The summed E-state index contributed by atoms with van der Waals surface area (Å²) in [6.45, 7) is 0. The zero-order valence-electron chi connectivity index (χ0n) is 5.73. The van der Waals surface area contributed by atoms with Gasteiger partial charge in [-0.15, -0.1) is 0 Å². The Hall–Kier alpha value is -1.36. The van der Waals surface area contributed by atoms with Gasteiger partial charge in [0.25, 0.3) is 5.91 Å². The van der Waals surface area contributed by atoms with Crippen LogP contribution < -0.4 is 4.72 Å². The second kappa shape index (κ2) is 2.31. The number of ketones is 2. The molecule has 0 aromatic carbocycles. The number of amides is 1. The molecule has 0 spiro atoms. The molecule has 12 heavy (non-hydrogen) atoms. The Bertz CT molecular complexity index is 367.